The SMILES string of the molecule is CC.CN(CCc1cc(C(F)(F)F)cc(C(F)(F)F)c1)C(=O)CN1CCCCC1.CN1C(=O)COC1=O.Cc1ccccc1. The third kappa shape index (κ3) is 13.8. The van der Waals surface area contributed by atoms with Gasteiger partial charge in [0.2, 0.25) is 5.91 Å². The first-order chi connectivity index (χ1) is 20.6. The first-order valence-corrected chi connectivity index (χ1v) is 14.3. The van der Waals surface area contributed by atoms with Gasteiger partial charge in [0, 0.05) is 20.6 Å². The van der Waals surface area contributed by atoms with Gasteiger partial charge in [-0.3, -0.25) is 14.5 Å². The number of ether oxygens (including phenoxy) is 1. The topological polar surface area (TPSA) is 70.2 Å². The van der Waals surface area contributed by atoms with Crippen molar-refractivity contribution in [2.24, 2.45) is 0 Å². The average molecular weight is 634 g/mol. The highest BCUT2D eigenvalue weighted by Crippen LogP contribution is 2.36. The van der Waals surface area contributed by atoms with E-state index in [1.165, 1.54) is 24.6 Å². The Morgan fingerprint density at radius 1 is 0.886 bits per heavy atom. The lowest BCUT2D eigenvalue weighted by Gasteiger charge is -2.28. The van der Waals surface area contributed by atoms with Crippen molar-refractivity contribution in [3.8, 4) is 0 Å². The van der Waals surface area contributed by atoms with Crippen molar-refractivity contribution in [3.05, 3.63) is 70.8 Å². The van der Waals surface area contributed by atoms with Crippen LogP contribution in [0.25, 0.3) is 0 Å². The van der Waals surface area contributed by atoms with E-state index in [1.54, 1.807) is 0 Å². The van der Waals surface area contributed by atoms with E-state index in [4.69, 9.17) is 0 Å². The number of alkyl halides is 6. The lowest BCUT2D eigenvalue weighted by molar-refractivity contribution is -0.143. The van der Waals surface area contributed by atoms with E-state index in [0.29, 0.717) is 12.1 Å². The van der Waals surface area contributed by atoms with E-state index in [0.717, 1.165) is 37.3 Å². The number of hydrogen-bond acceptors (Lipinski definition) is 5. The Labute approximate surface area is 254 Å². The molecule has 246 valence electrons. The van der Waals surface area contributed by atoms with Crippen molar-refractivity contribution in [1.82, 2.24) is 14.7 Å². The molecule has 0 aliphatic carbocycles. The summed E-state index contributed by atoms with van der Waals surface area (Å²) in [7, 11) is 2.89. The number of nitrogens with zero attached hydrogens (tertiary/aromatic N) is 3. The molecular formula is C31H41F6N3O4. The minimum Gasteiger partial charge on any atom is -0.439 e. The van der Waals surface area contributed by atoms with Gasteiger partial charge in [0.25, 0.3) is 5.91 Å². The van der Waals surface area contributed by atoms with Crippen molar-refractivity contribution >= 4 is 17.9 Å². The molecule has 0 radical (unpaired) electrons. The second-order valence-electron chi connectivity index (χ2n) is 9.98. The van der Waals surface area contributed by atoms with Crippen molar-refractivity contribution in [2.75, 3.05) is 46.9 Å². The number of likely N-dealkylation sites (tertiary alicyclic amines) is 1. The second kappa shape index (κ2) is 18.3. The molecule has 2 saturated heterocycles. The van der Waals surface area contributed by atoms with Gasteiger partial charge >= 0.3 is 18.4 Å². The van der Waals surface area contributed by atoms with Gasteiger partial charge < -0.3 is 9.64 Å². The van der Waals surface area contributed by atoms with Crippen LogP contribution < -0.4 is 0 Å². The molecule has 0 unspecified atom stereocenters. The predicted molar refractivity (Wildman–Crippen MR) is 155 cm³/mol. The lowest BCUT2D eigenvalue weighted by atomic mass is 10.0. The van der Waals surface area contributed by atoms with E-state index in [2.05, 4.69) is 23.8 Å². The fraction of sp³-hybridized carbons (Fsp3) is 0.516. The Morgan fingerprint density at radius 2 is 1.41 bits per heavy atom. The molecule has 4 rings (SSSR count). The first kappa shape index (κ1) is 38.4. The second-order valence-corrected chi connectivity index (χ2v) is 9.98. The minimum atomic E-state index is -4.87. The molecule has 0 saturated carbocycles. The number of carbonyl (C=O) groups is 3. The van der Waals surface area contributed by atoms with Gasteiger partial charge in [-0.25, -0.2) is 9.69 Å². The fourth-order valence-electron chi connectivity index (χ4n) is 3.97. The van der Waals surface area contributed by atoms with Crippen molar-refractivity contribution < 1.29 is 45.5 Å². The normalized spacial score (nSPS) is 15.1. The molecule has 44 heavy (non-hydrogen) atoms. The molecule has 2 aromatic rings. The monoisotopic (exact) mass is 633 g/mol. The van der Waals surface area contributed by atoms with Crippen molar-refractivity contribution in [3.63, 3.8) is 0 Å². The van der Waals surface area contributed by atoms with Gasteiger partial charge in [-0.2, -0.15) is 26.3 Å². The number of hydrogen-bond donors (Lipinski definition) is 0. The third-order valence-electron chi connectivity index (χ3n) is 6.52. The molecular weight excluding hydrogens is 592 g/mol. The lowest BCUT2D eigenvalue weighted by Crippen LogP contribution is -2.41. The van der Waals surface area contributed by atoms with Crippen LogP contribution in [0.5, 0.6) is 0 Å². The summed E-state index contributed by atoms with van der Waals surface area (Å²) in [6, 6.07) is 11.8. The molecule has 2 aliphatic rings. The molecule has 3 amide bonds. The maximum absolute atomic E-state index is 12.9. The number of halogens is 6. The van der Waals surface area contributed by atoms with Gasteiger partial charge in [-0.05, 0) is 63.0 Å². The number of piperidine rings is 1. The number of amides is 3. The van der Waals surface area contributed by atoms with E-state index < -0.39 is 29.6 Å². The zero-order valence-corrected chi connectivity index (χ0v) is 25.7. The molecule has 0 N–H and O–H groups in total. The fourth-order valence-corrected chi connectivity index (χ4v) is 3.97. The molecule has 0 aromatic heterocycles. The zero-order valence-electron chi connectivity index (χ0n) is 25.7. The van der Waals surface area contributed by atoms with Gasteiger partial charge in [0.05, 0.1) is 17.7 Å². The molecule has 0 spiro atoms. The van der Waals surface area contributed by atoms with Crippen molar-refractivity contribution in [2.45, 2.75) is 58.8 Å². The molecule has 2 fully saturated rings. The highest BCUT2D eigenvalue weighted by molar-refractivity contribution is 5.97. The summed E-state index contributed by atoms with van der Waals surface area (Å²) in [6.07, 6.45) is -7.23. The molecule has 0 bridgehead atoms. The minimum absolute atomic E-state index is 0.0469. The predicted octanol–water partition coefficient (Wildman–Crippen LogP) is 6.83. The summed E-state index contributed by atoms with van der Waals surface area (Å²) >= 11 is 0. The van der Waals surface area contributed by atoms with E-state index in [-0.39, 0.29) is 49.6 Å². The Morgan fingerprint density at radius 3 is 1.77 bits per heavy atom. The summed E-state index contributed by atoms with van der Waals surface area (Å²) in [5, 5.41) is 0. The maximum atomic E-state index is 12.9. The van der Waals surface area contributed by atoms with Gasteiger partial charge in [-0.15, -0.1) is 0 Å². The van der Waals surface area contributed by atoms with Crippen LogP contribution in [0.3, 0.4) is 0 Å². The zero-order chi connectivity index (χ0) is 33.5. The van der Waals surface area contributed by atoms with Crippen LogP contribution in [0, 0.1) is 6.92 Å². The largest absolute Gasteiger partial charge is 0.439 e. The van der Waals surface area contributed by atoms with Gasteiger partial charge in [0.1, 0.15) is 0 Å². The third-order valence-corrected chi connectivity index (χ3v) is 6.52. The summed E-state index contributed by atoms with van der Waals surface area (Å²) in [5.74, 6) is -0.477. The summed E-state index contributed by atoms with van der Waals surface area (Å²) in [4.78, 5) is 37.1. The Kier molecular flexibility index (Phi) is 15.9. The molecule has 2 aliphatic heterocycles. The average Bonchev–Trinajstić information content (AvgIpc) is 3.28. The molecule has 13 heteroatoms. The summed E-state index contributed by atoms with van der Waals surface area (Å²) < 4.78 is 81.6. The van der Waals surface area contributed by atoms with Crippen LogP contribution in [0.15, 0.2) is 48.5 Å². The first-order valence-electron chi connectivity index (χ1n) is 14.3. The maximum Gasteiger partial charge on any atom is 0.416 e. The number of carbonyl (C=O) groups excluding carboxylic acids is 3. The standard InChI is InChI=1S/C18H22F6N2O.C7H8.C4H5NO3.C2H6/c1-25(16(27)12-26-6-3-2-4-7-26)8-5-13-9-14(17(19,20)21)11-15(10-13)18(22,23)24;1-7-5-3-2-4-6-7;1-5-3(6)2-8-4(5)7;1-2/h9-11H,2-8,12H2,1H3;2-6H,1H3;2H2,1H3;1-2H3. The van der Waals surface area contributed by atoms with E-state index in [1.807, 2.05) is 36.9 Å². The van der Waals surface area contributed by atoms with E-state index >= 15 is 0 Å². The van der Waals surface area contributed by atoms with Gasteiger partial charge in [0.15, 0.2) is 6.61 Å². The summed E-state index contributed by atoms with van der Waals surface area (Å²) in [5.41, 5.74) is -1.46. The Hall–Kier alpha value is -3.61. The van der Waals surface area contributed by atoms with Gasteiger partial charge in [-0.1, -0.05) is 56.2 Å². The van der Waals surface area contributed by atoms with Crippen LogP contribution in [-0.4, -0.2) is 79.5 Å². The number of rotatable bonds is 5. The number of benzene rings is 2. The number of aryl methyl sites for hydroxylation is 1. The van der Waals surface area contributed by atoms with Crippen LogP contribution in [0.4, 0.5) is 31.1 Å². The molecule has 2 aromatic carbocycles. The molecule has 0 atom stereocenters. The van der Waals surface area contributed by atoms with Crippen LogP contribution in [0.2, 0.25) is 0 Å². The highest BCUT2D eigenvalue weighted by Gasteiger charge is 2.37. The van der Waals surface area contributed by atoms with Crippen LogP contribution >= 0.6 is 0 Å². The number of cyclic esters (lactones) is 1. The van der Waals surface area contributed by atoms with Crippen molar-refractivity contribution in [1.29, 1.82) is 0 Å². The van der Waals surface area contributed by atoms with Crippen LogP contribution in [0.1, 0.15) is 55.4 Å². The summed E-state index contributed by atoms with van der Waals surface area (Å²) in [6.45, 7) is 7.89. The quantitative estimate of drug-likeness (QED) is 0.338. The molecule has 7 nitrogen and oxygen atoms in total. The van der Waals surface area contributed by atoms with E-state index in [9.17, 15) is 40.7 Å². The number of imide groups is 1. The van der Waals surface area contributed by atoms with Crippen LogP contribution in [-0.2, 0) is 33.1 Å². The Balaban J connectivity index is 0.000000458. The highest BCUT2D eigenvalue weighted by atomic mass is 19.4. The molecule has 2 heterocycles. The Bertz CT molecular complexity index is 1130. The number of likely N-dealkylation sites (N-methyl/N-ethyl adjacent to an activating group) is 2. The smallest absolute Gasteiger partial charge is 0.416 e.